The maximum atomic E-state index is 12.7. The summed E-state index contributed by atoms with van der Waals surface area (Å²) in [7, 11) is 1.48. The van der Waals surface area contributed by atoms with Crippen molar-refractivity contribution < 1.29 is 22.7 Å². The van der Waals surface area contributed by atoms with Gasteiger partial charge in [0.1, 0.15) is 16.5 Å². The first kappa shape index (κ1) is 17.0. The SMILES string of the molecule is COc1ccc(CNC(=O)/C(=C\C(=N)Cl)C(F)(F)F)cc1. The molecule has 0 aromatic heterocycles. The number of rotatable bonds is 5. The molecule has 0 saturated heterocycles. The molecular formula is C13H12ClF3N2O2. The first-order valence-electron chi connectivity index (χ1n) is 5.68. The van der Waals surface area contributed by atoms with Crippen molar-refractivity contribution in [3.8, 4) is 5.75 Å². The zero-order chi connectivity index (χ0) is 16.0. The number of hydrogen-bond acceptors (Lipinski definition) is 3. The third-order valence-corrected chi connectivity index (χ3v) is 2.54. The van der Waals surface area contributed by atoms with Crippen LogP contribution in [0, 0.1) is 5.41 Å². The largest absolute Gasteiger partial charge is 0.497 e. The number of methoxy groups -OCH3 is 1. The van der Waals surface area contributed by atoms with E-state index in [1.807, 2.05) is 0 Å². The van der Waals surface area contributed by atoms with Crippen LogP contribution in [0.2, 0.25) is 0 Å². The van der Waals surface area contributed by atoms with Crippen LogP contribution in [0.5, 0.6) is 5.75 Å². The van der Waals surface area contributed by atoms with Crippen molar-refractivity contribution in [1.82, 2.24) is 5.32 Å². The number of benzene rings is 1. The zero-order valence-corrected chi connectivity index (χ0v) is 11.7. The summed E-state index contributed by atoms with van der Waals surface area (Å²) in [5.74, 6) is -0.750. The molecule has 0 fully saturated rings. The molecule has 8 heteroatoms. The lowest BCUT2D eigenvalue weighted by molar-refractivity contribution is -0.130. The normalized spacial score (nSPS) is 12.0. The molecule has 0 aliphatic heterocycles. The van der Waals surface area contributed by atoms with E-state index in [2.05, 4.69) is 5.32 Å². The predicted octanol–water partition coefficient (Wildman–Crippen LogP) is 3.02. The summed E-state index contributed by atoms with van der Waals surface area (Å²) in [4.78, 5) is 11.5. The van der Waals surface area contributed by atoms with E-state index in [0.717, 1.165) is 0 Å². The van der Waals surface area contributed by atoms with Crippen LogP contribution in [-0.2, 0) is 11.3 Å². The van der Waals surface area contributed by atoms with Gasteiger partial charge < -0.3 is 10.1 Å². The third-order valence-electron chi connectivity index (χ3n) is 2.43. The zero-order valence-electron chi connectivity index (χ0n) is 10.9. The molecule has 0 saturated carbocycles. The number of carbonyl (C=O) groups excluding carboxylic acids is 1. The minimum atomic E-state index is -4.88. The van der Waals surface area contributed by atoms with E-state index in [-0.39, 0.29) is 12.6 Å². The summed E-state index contributed by atoms with van der Waals surface area (Å²) in [6.07, 6.45) is -4.61. The summed E-state index contributed by atoms with van der Waals surface area (Å²) in [5, 5.41) is 8.09. The van der Waals surface area contributed by atoms with E-state index >= 15 is 0 Å². The van der Waals surface area contributed by atoms with Crippen molar-refractivity contribution in [3.63, 3.8) is 0 Å². The number of amides is 1. The fourth-order valence-electron chi connectivity index (χ4n) is 1.42. The molecular weight excluding hydrogens is 309 g/mol. The Labute approximate surface area is 124 Å². The minimum absolute atomic E-state index is 0.0914. The molecule has 0 radical (unpaired) electrons. The molecule has 1 aromatic rings. The lowest BCUT2D eigenvalue weighted by atomic mass is 10.2. The van der Waals surface area contributed by atoms with Gasteiger partial charge in [-0.1, -0.05) is 23.7 Å². The van der Waals surface area contributed by atoms with Gasteiger partial charge in [-0.2, -0.15) is 13.2 Å². The molecule has 0 atom stereocenters. The Kier molecular flexibility index (Phi) is 5.78. The summed E-state index contributed by atoms with van der Waals surface area (Å²) in [6, 6.07) is 6.46. The van der Waals surface area contributed by atoms with Gasteiger partial charge in [0, 0.05) is 6.54 Å². The van der Waals surface area contributed by atoms with E-state index in [4.69, 9.17) is 21.7 Å². The van der Waals surface area contributed by atoms with E-state index in [1.165, 1.54) is 7.11 Å². The van der Waals surface area contributed by atoms with Gasteiger partial charge in [0.15, 0.2) is 0 Å². The number of nitrogens with one attached hydrogen (secondary N) is 2. The van der Waals surface area contributed by atoms with E-state index in [1.54, 1.807) is 24.3 Å². The standard InChI is InChI=1S/C13H12ClF3N2O2/c1-21-9-4-2-8(3-5-9)7-19-12(20)10(6-11(14)18)13(15,16)17/h2-6,18H,7H2,1H3,(H,19,20)/b10-6+,18-11?. The van der Waals surface area contributed by atoms with Gasteiger partial charge in [-0.25, -0.2) is 0 Å². The molecule has 0 unspecified atom stereocenters. The van der Waals surface area contributed by atoms with Crippen LogP contribution in [0.3, 0.4) is 0 Å². The second-order valence-electron chi connectivity index (χ2n) is 3.93. The number of allylic oxidation sites excluding steroid dienone is 1. The molecule has 0 bridgehead atoms. The van der Waals surface area contributed by atoms with Crippen LogP contribution >= 0.6 is 11.6 Å². The number of halogens is 4. The fraction of sp³-hybridized carbons (Fsp3) is 0.231. The molecule has 21 heavy (non-hydrogen) atoms. The summed E-state index contributed by atoms with van der Waals surface area (Å²) < 4.78 is 42.9. The van der Waals surface area contributed by atoms with Gasteiger partial charge >= 0.3 is 6.18 Å². The quantitative estimate of drug-likeness (QED) is 0.647. The topological polar surface area (TPSA) is 62.2 Å². The Balaban J connectivity index is 2.76. The highest BCUT2D eigenvalue weighted by Gasteiger charge is 2.38. The lowest BCUT2D eigenvalue weighted by Crippen LogP contribution is -2.31. The Hall–Kier alpha value is -2.02. The van der Waals surface area contributed by atoms with Crippen LogP contribution in [0.15, 0.2) is 35.9 Å². The van der Waals surface area contributed by atoms with Crippen LogP contribution in [0.1, 0.15) is 5.56 Å². The second-order valence-corrected chi connectivity index (χ2v) is 4.34. The smallest absolute Gasteiger partial charge is 0.421 e. The summed E-state index contributed by atoms with van der Waals surface area (Å²) >= 11 is 5.09. The van der Waals surface area contributed by atoms with E-state index in [0.29, 0.717) is 11.3 Å². The van der Waals surface area contributed by atoms with E-state index < -0.39 is 22.8 Å². The number of ether oxygens (including phenoxy) is 1. The molecule has 0 aliphatic carbocycles. The molecule has 1 amide bonds. The van der Waals surface area contributed by atoms with Gasteiger partial charge in [0.25, 0.3) is 5.91 Å². The average Bonchev–Trinajstić information content (AvgIpc) is 2.41. The molecule has 1 aromatic carbocycles. The minimum Gasteiger partial charge on any atom is -0.497 e. The van der Waals surface area contributed by atoms with Gasteiger partial charge in [-0.15, -0.1) is 0 Å². The molecule has 0 aliphatic rings. The van der Waals surface area contributed by atoms with Crippen molar-refractivity contribution in [2.45, 2.75) is 12.7 Å². The number of carbonyl (C=O) groups is 1. The van der Waals surface area contributed by atoms with Gasteiger partial charge in [-0.05, 0) is 23.8 Å². The maximum absolute atomic E-state index is 12.7. The number of alkyl halides is 3. The summed E-state index contributed by atoms with van der Waals surface area (Å²) in [6.45, 7) is -0.0914. The Morgan fingerprint density at radius 2 is 1.95 bits per heavy atom. The fourth-order valence-corrected chi connectivity index (χ4v) is 1.53. The Bertz CT molecular complexity index is 554. The highest BCUT2D eigenvalue weighted by molar-refractivity contribution is 6.67. The number of hydrogen-bond donors (Lipinski definition) is 2. The van der Waals surface area contributed by atoms with Crippen molar-refractivity contribution in [1.29, 1.82) is 5.41 Å². The van der Waals surface area contributed by atoms with Gasteiger partial charge in [-0.3, -0.25) is 10.2 Å². The first-order valence-corrected chi connectivity index (χ1v) is 6.06. The van der Waals surface area contributed by atoms with Gasteiger partial charge in [0.05, 0.1) is 7.11 Å². The highest BCUT2D eigenvalue weighted by Crippen LogP contribution is 2.26. The highest BCUT2D eigenvalue weighted by atomic mass is 35.5. The first-order chi connectivity index (χ1) is 9.74. The van der Waals surface area contributed by atoms with Crippen molar-refractivity contribution in [3.05, 3.63) is 41.5 Å². The average molecular weight is 321 g/mol. The lowest BCUT2D eigenvalue weighted by Gasteiger charge is -2.12. The summed E-state index contributed by atoms with van der Waals surface area (Å²) in [5.41, 5.74) is -0.914. The molecule has 114 valence electrons. The van der Waals surface area contributed by atoms with Crippen molar-refractivity contribution in [2.24, 2.45) is 0 Å². The van der Waals surface area contributed by atoms with Crippen molar-refractivity contribution in [2.75, 3.05) is 7.11 Å². The van der Waals surface area contributed by atoms with Crippen LogP contribution in [0.4, 0.5) is 13.2 Å². The molecule has 0 spiro atoms. The van der Waals surface area contributed by atoms with Crippen molar-refractivity contribution >= 4 is 22.7 Å². The van der Waals surface area contributed by atoms with Crippen LogP contribution in [-0.4, -0.2) is 24.4 Å². The molecule has 1 rings (SSSR count). The van der Waals surface area contributed by atoms with Crippen LogP contribution in [0.25, 0.3) is 0 Å². The van der Waals surface area contributed by atoms with E-state index in [9.17, 15) is 18.0 Å². The predicted molar refractivity (Wildman–Crippen MR) is 72.6 cm³/mol. The Morgan fingerprint density at radius 3 is 2.38 bits per heavy atom. The van der Waals surface area contributed by atoms with Gasteiger partial charge in [0.2, 0.25) is 0 Å². The second kappa shape index (κ2) is 7.12. The Morgan fingerprint density at radius 1 is 1.38 bits per heavy atom. The maximum Gasteiger partial charge on any atom is 0.421 e. The molecule has 4 nitrogen and oxygen atoms in total. The molecule has 0 heterocycles. The third kappa shape index (κ3) is 5.47. The van der Waals surface area contributed by atoms with Crippen LogP contribution < -0.4 is 10.1 Å². The molecule has 2 N–H and O–H groups in total. The monoisotopic (exact) mass is 320 g/mol.